The largest absolute Gasteiger partial charge is 1.00 e. The Hall–Kier alpha value is -0.700. The summed E-state index contributed by atoms with van der Waals surface area (Å²) in [6.45, 7) is 0. The molecule has 0 fully saturated rings. The van der Waals surface area contributed by atoms with Gasteiger partial charge < -0.3 is 10.8 Å². The average molecular weight is 328 g/mol. The minimum Gasteiger partial charge on any atom is -0.763 e. The minimum absolute atomic E-state index is 0. The maximum absolute atomic E-state index is 8.96. The zero-order valence-corrected chi connectivity index (χ0v) is 16.8. The van der Waals surface area contributed by atoms with Crippen LogP contribution in [0.2, 0.25) is 0 Å². The molecule has 1 unspecified atom stereocenters. The summed E-state index contributed by atoms with van der Waals surface area (Å²) < 4.78 is 0. The summed E-state index contributed by atoms with van der Waals surface area (Å²) in [4.78, 5) is -0.512. The van der Waals surface area contributed by atoms with Crippen LogP contribution in [-0.4, -0.2) is 21.9 Å². The Bertz CT molecular complexity index is 649. The molecule has 0 saturated heterocycles. The SMILES string of the molecule is N#CC(=S)C(=C=[N-])SC(C#N)C(=C=[N-])C(C#N)C#N.[Na+].[Na+]. The summed E-state index contributed by atoms with van der Waals surface area (Å²) >= 11 is 5.20. The normalized spacial score (nSPS) is 8.62. The van der Waals surface area contributed by atoms with Crippen molar-refractivity contribution in [2.75, 3.05) is 0 Å². The molecule has 0 aliphatic heterocycles. The van der Waals surface area contributed by atoms with Crippen LogP contribution in [0, 0.1) is 51.2 Å². The fourth-order valence-corrected chi connectivity index (χ4v) is 1.90. The van der Waals surface area contributed by atoms with Crippen LogP contribution in [0.15, 0.2) is 10.5 Å². The van der Waals surface area contributed by atoms with Crippen molar-refractivity contribution in [2.45, 2.75) is 5.25 Å². The van der Waals surface area contributed by atoms with Gasteiger partial charge >= 0.3 is 59.1 Å². The van der Waals surface area contributed by atoms with E-state index in [1.165, 1.54) is 0 Å². The van der Waals surface area contributed by atoms with Gasteiger partial charge in [0.1, 0.15) is 16.2 Å². The van der Waals surface area contributed by atoms with E-state index < -0.39 is 11.2 Å². The van der Waals surface area contributed by atoms with E-state index in [0.29, 0.717) is 11.8 Å². The van der Waals surface area contributed by atoms with E-state index in [-0.39, 0.29) is 74.5 Å². The van der Waals surface area contributed by atoms with Crippen molar-refractivity contribution < 1.29 is 59.1 Å². The first-order valence-electron chi connectivity index (χ1n) is 4.43. The second kappa shape index (κ2) is 14.2. The van der Waals surface area contributed by atoms with Gasteiger partial charge in [0.05, 0.1) is 23.1 Å². The fraction of sp³-hybridized carbons (Fsp3) is 0.182. The van der Waals surface area contributed by atoms with Gasteiger partial charge in [-0.15, -0.1) is 0 Å². The number of allylic oxidation sites excluding steroid dienone is 1. The number of hydrogen-bond donors (Lipinski definition) is 0. The molecule has 0 bridgehead atoms. The van der Waals surface area contributed by atoms with Crippen molar-refractivity contribution in [2.24, 2.45) is 5.92 Å². The smallest absolute Gasteiger partial charge is 0.763 e. The number of hydrogen-bond acceptors (Lipinski definition) is 6. The molecule has 0 amide bonds. The number of rotatable bonds is 5. The Labute approximate surface area is 175 Å². The van der Waals surface area contributed by atoms with Crippen LogP contribution in [0.4, 0.5) is 0 Å². The first-order chi connectivity index (χ1) is 9.09. The third-order valence-electron chi connectivity index (χ3n) is 1.74. The third-order valence-corrected chi connectivity index (χ3v) is 3.29. The predicted molar refractivity (Wildman–Crippen MR) is 73.7 cm³/mol. The van der Waals surface area contributed by atoms with Crippen LogP contribution in [0.3, 0.4) is 0 Å². The van der Waals surface area contributed by atoms with E-state index in [1.807, 2.05) is 0 Å². The summed E-state index contributed by atoms with van der Waals surface area (Å²) in [5.41, 5.74) is -0.286. The Morgan fingerprint density at radius 3 is 1.76 bits per heavy atom. The van der Waals surface area contributed by atoms with Crippen molar-refractivity contribution in [3.8, 4) is 24.3 Å². The first kappa shape index (κ1) is 25.3. The van der Waals surface area contributed by atoms with Gasteiger partial charge in [-0.05, 0) is 0 Å². The maximum Gasteiger partial charge on any atom is 1.00 e. The molecule has 0 aromatic rings. The van der Waals surface area contributed by atoms with Gasteiger partial charge in [-0.1, -0.05) is 24.0 Å². The van der Waals surface area contributed by atoms with E-state index in [1.54, 1.807) is 36.0 Å². The van der Waals surface area contributed by atoms with Crippen molar-refractivity contribution in [1.82, 2.24) is 0 Å². The average Bonchev–Trinajstić information content (AvgIpc) is 2.46. The molecule has 10 heteroatoms. The monoisotopic (exact) mass is 328 g/mol. The number of thiocarbonyl (C=S) groups is 1. The van der Waals surface area contributed by atoms with Crippen LogP contribution in [0.1, 0.15) is 0 Å². The van der Waals surface area contributed by atoms with E-state index in [4.69, 9.17) is 31.9 Å². The van der Waals surface area contributed by atoms with Crippen LogP contribution < -0.4 is 59.1 Å². The van der Waals surface area contributed by atoms with Crippen molar-refractivity contribution >= 4 is 40.6 Å². The van der Waals surface area contributed by atoms with Gasteiger partial charge in [0.25, 0.3) is 0 Å². The van der Waals surface area contributed by atoms with Gasteiger partial charge in [-0.25, -0.2) is 0 Å². The van der Waals surface area contributed by atoms with Crippen LogP contribution in [0.5, 0.6) is 0 Å². The minimum atomic E-state index is -1.38. The summed E-state index contributed by atoms with van der Waals surface area (Å²) in [5, 5.41) is 51.4. The Balaban J connectivity index is -0.00000162. The van der Waals surface area contributed by atoms with Gasteiger partial charge in [-0.2, -0.15) is 21.0 Å². The zero-order chi connectivity index (χ0) is 14.8. The maximum atomic E-state index is 8.96. The standard InChI is InChI=1S/C11H2N6S2.2Na/c12-1-7(2-13)8(3-14)10(5-16)19-11(6-17)9(18)4-15;;/h7,10H;;/q-2;2*+1. The van der Waals surface area contributed by atoms with Crippen molar-refractivity contribution in [3.05, 3.63) is 21.3 Å². The molecule has 0 N–H and O–H groups in total. The number of nitriles is 4. The summed E-state index contributed by atoms with van der Waals surface area (Å²) in [6.07, 6.45) is 0. The Morgan fingerprint density at radius 2 is 1.48 bits per heavy atom. The summed E-state index contributed by atoms with van der Waals surface area (Å²) in [5.74, 6) is 1.89. The molecule has 0 radical (unpaired) electrons. The van der Waals surface area contributed by atoms with E-state index in [9.17, 15) is 0 Å². The van der Waals surface area contributed by atoms with Gasteiger partial charge in [0.2, 0.25) is 0 Å². The molecular formula is C11H2N6Na2S2. The Kier molecular flexibility index (Phi) is 17.1. The van der Waals surface area contributed by atoms with Gasteiger partial charge in [0.15, 0.2) is 5.92 Å². The zero-order valence-electron chi connectivity index (χ0n) is 11.2. The quantitative estimate of drug-likeness (QED) is 0.215. The third kappa shape index (κ3) is 7.75. The molecular weight excluding hydrogens is 326 g/mol. The molecule has 0 rings (SSSR count). The molecule has 0 aliphatic rings. The van der Waals surface area contributed by atoms with E-state index >= 15 is 0 Å². The topological polar surface area (TPSA) is 140 Å². The van der Waals surface area contributed by atoms with E-state index in [2.05, 4.69) is 12.2 Å². The van der Waals surface area contributed by atoms with Crippen molar-refractivity contribution in [1.29, 1.82) is 21.0 Å². The Morgan fingerprint density at radius 1 is 0.952 bits per heavy atom. The van der Waals surface area contributed by atoms with Crippen LogP contribution >= 0.6 is 24.0 Å². The molecule has 0 aromatic carbocycles. The molecule has 21 heavy (non-hydrogen) atoms. The van der Waals surface area contributed by atoms with Gasteiger partial charge in [0, 0.05) is 5.57 Å². The molecule has 0 aromatic heterocycles. The summed E-state index contributed by atoms with van der Waals surface area (Å²) in [7, 11) is 0. The molecule has 90 valence electrons. The van der Waals surface area contributed by atoms with E-state index in [0.717, 1.165) is 0 Å². The van der Waals surface area contributed by atoms with Crippen molar-refractivity contribution in [3.63, 3.8) is 0 Å². The first-order valence-corrected chi connectivity index (χ1v) is 5.72. The second-order valence-electron chi connectivity index (χ2n) is 2.77. The van der Waals surface area contributed by atoms with Crippen LogP contribution in [0.25, 0.3) is 10.8 Å². The molecule has 0 heterocycles. The van der Waals surface area contributed by atoms with Gasteiger partial charge in [-0.3, -0.25) is 11.7 Å². The number of thioether (sulfide) groups is 1. The molecule has 6 nitrogen and oxygen atoms in total. The number of nitrogens with zero attached hydrogens (tertiary/aromatic N) is 6. The predicted octanol–water partition coefficient (Wildman–Crippen LogP) is -4.53. The van der Waals surface area contributed by atoms with Crippen LogP contribution in [-0.2, 0) is 0 Å². The molecule has 1 atom stereocenters. The molecule has 0 spiro atoms. The summed E-state index contributed by atoms with van der Waals surface area (Å²) in [6, 6.07) is 6.44. The second-order valence-corrected chi connectivity index (χ2v) is 4.29. The fourth-order valence-electron chi connectivity index (χ4n) is 0.901. The molecule has 0 saturated carbocycles. The molecule has 0 aliphatic carbocycles.